The van der Waals surface area contributed by atoms with Crippen LogP contribution >= 0.6 is 0 Å². The molecule has 0 aliphatic carbocycles. The van der Waals surface area contributed by atoms with E-state index < -0.39 is 28.6 Å². The van der Waals surface area contributed by atoms with Crippen molar-refractivity contribution in [2.75, 3.05) is 0 Å². The van der Waals surface area contributed by atoms with Gasteiger partial charge in [-0.25, -0.2) is 4.98 Å². The number of rotatable bonds is 5. The van der Waals surface area contributed by atoms with Crippen LogP contribution in [0.5, 0.6) is 0 Å². The fourth-order valence-corrected chi connectivity index (χ4v) is 2.75. The lowest BCUT2D eigenvalue weighted by Crippen LogP contribution is -2.19. The maximum absolute atomic E-state index is 12.7. The first kappa shape index (κ1) is 17.0. The van der Waals surface area contributed by atoms with Crippen molar-refractivity contribution in [1.29, 1.82) is 0 Å². The zero-order valence-electron chi connectivity index (χ0n) is 11.7. The maximum Gasteiger partial charge on any atom is 0.433 e. The molecule has 2 rings (SSSR count). The number of nitrogens with two attached hydrogens (primary N) is 1. The van der Waals surface area contributed by atoms with E-state index >= 15 is 0 Å². The number of hydrogen-bond donors (Lipinski definition) is 1. The summed E-state index contributed by atoms with van der Waals surface area (Å²) in [5.74, 6) is -1.31. The smallest absolute Gasteiger partial charge is 0.366 e. The molecule has 0 saturated heterocycles. The van der Waals surface area contributed by atoms with Gasteiger partial charge in [0.05, 0.1) is 29.8 Å². The lowest BCUT2D eigenvalue weighted by molar-refractivity contribution is -0.141. The standard InChI is InChI=1S/C11H11F3N6O2S/c1-20-18-9(17-19-20)5-23(22)4-7-6(10(15)21)2-3-8(16-7)11(12,13)14/h2-3H,4-5H2,1H3,(H2,15,21). The molecule has 23 heavy (non-hydrogen) atoms. The molecule has 0 aromatic carbocycles. The number of aryl methyl sites for hydroxylation is 1. The van der Waals surface area contributed by atoms with Gasteiger partial charge in [-0.1, -0.05) is 0 Å². The van der Waals surface area contributed by atoms with Crippen molar-refractivity contribution in [3.05, 3.63) is 34.9 Å². The van der Waals surface area contributed by atoms with Crippen LogP contribution in [0.3, 0.4) is 0 Å². The normalized spacial score (nSPS) is 13.0. The Kier molecular flexibility index (Phi) is 4.73. The van der Waals surface area contributed by atoms with Crippen LogP contribution in [0.4, 0.5) is 13.2 Å². The molecule has 0 fully saturated rings. The summed E-state index contributed by atoms with van der Waals surface area (Å²) < 4.78 is 50.2. The quantitative estimate of drug-likeness (QED) is 0.823. The Balaban J connectivity index is 2.25. The summed E-state index contributed by atoms with van der Waals surface area (Å²) in [7, 11) is -0.174. The van der Waals surface area contributed by atoms with Gasteiger partial charge in [0.15, 0.2) is 5.82 Å². The average molecular weight is 348 g/mol. The molecule has 0 saturated carbocycles. The first-order chi connectivity index (χ1) is 10.7. The molecule has 0 aliphatic rings. The number of aromatic nitrogens is 5. The van der Waals surface area contributed by atoms with Gasteiger partial charge in [0.2, 0.25) is 0 Å². The van der Waals surface area contributed by atoms with Crippen LogP contribution in [-0.4, -0.2) is 35.3 Å². The highest BCUT2D eigenvalue weighted by molar-refractivity contribution is 7.83. The van der Waals surface area contributed by atoms with Crippen molar-refractivity contribution in [3.63, 3.8) is 0 Å². The van der Waals surface area contributed by atoms with Gasteiger partial charge in [0.1, 0.15) is 5.69 Å². The van der Waals surface area contributed by atoms with Crippen molar-refractivity contribution in [3.8, 4) is 0 Å². The topological polar surface area (TPSA) is 117 Å². The maximum atomic E-state index is 12.7. The highest BCUT2D eigenvalue weighted by Crippen LogP contribution is 2.28. The number of pyridine rings is 1. The zero-order chi connectivity index (χ0) is 17.2. The molecule has 1 atom stereocenters. The number of halogens is 3. The third-order valence-corrected chi connectivity index (χ3v) is 3.84. The Bertz CT molecular complexity index is 760. The highest BCUT2D eigenvalue weighted by Gasteiger charge is 2.33. The van der Waals surface area contributed by atoms with E-state index in [9.17, 15) is 22.2 Å². The minimum absolute atomic E-state index is 0.135. The minimum Gasteiger partial charge on any atom is -0.366 e. The van der Waals surface area contributed by atoms with Gasteiger partial charge < -0.3 is 5.73 Å². The van der Waals surface area contributed by atoms with Crippen LogP contribution in [0.15, 0.2) is 12.1 Å². The Labute approximate surface area is 130 Å². The molecule has 8 nitrogen and oxygen atoms in total. The van der Waals surface area contributed by atoms with Crippen LogP contribution < -0.4 is 5.73 Å². The SMILES string of the molecule is Cn1nnc(CS(=O)Cc2nc(C(F)(F)F)ccc2C(N)=O)n1. The lowest BCUT2D eigenvalue weighted by Gasteiger charge is -2.10. The van der Waals surface area contributed by atoms with Gasteiger partial charge in [-0.3, -0.25) is 9.00 Å². The number of amides is 1. The Morgan fingerprint density at radius 3 is 2.57 bits per heavy atom. The largest absolute Gasteiger partial charge is 0.433 e. The van der Waals surface area contributed by atoms with Crippen LogP contribution in [0.25, 0.3) is 0 Å². The molecule has 0 spiro atoms. The number of carbonyl (C=O) groups is 1. The van der Waals surface area contributed by atoms with Crippen molar-refractivity contribution < 1.29 is 22.2 Å². The van der Waals surface area contributed by atoms with E-state index in [4.69, 9.17) is 5.73 Å². The molecular formula is C11H11F3N6O2S. The summed E-state index contributed by atoms with van der Waals surface area (Å²) in [6.07, 6.45) is -4.68. The summed E-state index contributed by atoms with van der Waals surface area (Å²) in [4.78, 5) is 15.8. The molecule has 2 aromatic heterocycles. The monoisotopic (exact) mass is 348 g/mol. The van der Waals surface area contributed by atoms with Gasteiger partial charge in [-0.2, -0.15) is 18.0 Å². The molecule has 12 heteroatoms. The lowest BCUT2D eigenvalue weighted by atomic mass is 10.1. The first-order valence-corrected chi connectivity index (χ1v) is 7.60. The Morgan fingerprint density at radius 1 is 1.35 bits per heavy atom. The molecule has 1 amide bonds. The van der Waals surface area contributed by atoms with E-state index in [2.05, 4.69) is 20.4 Å². The number of primary amides is 1. The van der Waals surface area contributed by atoms with Gasteiger partial charge >= 0.3 is 6.18 Å². The van der Waals surface area contributed by atoms with Gasteiger partial charge in [-0.15, -0.1) is 10.2 Å². The highest BCUT2D eigenvalue weighted by atomic mass is 32.2. The molecular weight excluding hydrogens is 337 g/mol. The minimum atomic E-state index is -4.68. The predicted molar refractivity (Wildman–Crippen MR) is 72.1 cm³/mol. The van der Waals surface area contributed by atoms with E-state index in [1.54, 1.807) is 0 Å². The van der Waals surface area contributed by atoms with Crippen molar-refractivity contribution >= 4 is 16.7 Å². The van der Waals surface area contributed by atoms with Gasteiger partial charge in [0.25, 0.3) is 5.91 Å². The fraction of sp³-hybridized carbons (Fsp3) is 0.364. The first-order valence-electron chi connectivity index (χ1n) is 6.11. The third kappa shape index (κ3) is 4.31. The summed E-state index contributed by atoms with van der Waals surface area (Å²) in [6, 6.07) is 1.57. The molecule has 124 valence electrons. The number of nitrogens with zero attached hydrogens (tertiary/aromatic N) is 5. The fourth-order valence-electron chi connectivity index (χ4n) is 1.72. The number of carbonyl (C=O) groups excluding carboxylic acids is 1. The molecule has 1 unspecified atom stereocenters. The number of alkyl halides is 3. The van der Waals surface area contributed by atoms with E-state index in [-0.39, 0.29) is 28.6 Å². The second kappa shape index (κ2) is 6.40. The Morgan fingerprint density at radius 2 is 2.04 bits per heavy atom. The van der Waals surface area contributed by atoms with E-state index in [0.717, 1.165) is 10.9 Å². The zero-order valence-corrected chi connectivity index (χ0v) is 12.6. The van der Waals surface area contributed by atoms with E-state index in [1.165, 1.54) is 7.05 Å². The van der Waals surface area contributed by atoms with Crippen LogP contribution in [0, 0.1) is 0 Å². The molecule has 2 N–H and O–H groups in total. The average Bonchev–Trinajstić information content (AvgIpc) is 2.82. The summed E-state index contributed by atoms with van der Waals surface area (Å²) in [5.41, 5.74) is 3.43. The second-order valence-corrected chi connectivity index (χ2v) is 5.93. The Hall–Kier alpha value is -2.37. The van der Waals surface area contributed by atoms with E-state index in [1.807, 2.05) is 0 Å². The van der Waals surface area contributed by atoms with Crippen LogP contribution in [-0.2, 0) is 35.5 Å². The molecule has 2 aromatic rings. The van der Waals surface area contributed by atoms with Gasteiger partial charge in [0, 0.05) is 10.8 Å². The van der Waals surface area contributed by atoms with Crippen molar-refractivity contribution in [2.45, 2.75) is 17.7 Å². The van der Waals surface area contributed by atoms with Gasteiger partial charge in [-0.05, 0) is 17.3 Å². The number of tetrazole rings is 1. The molecule has 0 aliphatic heterocycles. The second-order valence-electron chi connectivity index (χ2n) is 4.48. The summed E-state index contributed by atoms with van der Waals surface area (Å²) in [6.45, 7) is 0. The van der Waals surface area contributed by atoms with Crippen molar-refractivity contribution in [1.82, 2.24) is 25.2 Å². The summed E-state index contributed by atoms with van der Waals surface area (Å²) in [5, 5.41) is 11.0. The van der Waals surface area contributed by atoms with Crippen LogP contribution in [0.1, 0.15) is 27.6 Å². The van der Waals surface area contributed by atoms with Crippen LogP contribution in [0.2, 0.25) is 0 Å². The predicted octanol–water partition coefficient (Wildman–Crippen LogP) is 0.172. The molecule has 2 heterocycles. The molecule has 0 bridgehead atoms. The third-order valence-electron chi connectivity index (χ3n) is 2.67. The summed E-state index contributed by atoms with van der Waals surface area (Å²) >= 11 is 0. The number of hydrogen-bond acceptors (Lipinski definition) is 6. The van der Waals surface area contributed by atoms with E-state index in [0.29, 0.717) is 6.07 Å². The van der Waals surface area contributed by atoms with Crippen molar-refractivity contribution in [2.24, 2.45) is 12.8 Å². The molecule has 0 radical (unpaired) electrons.